The van der Waals surface area contributed by atoms with E-state index in [0.717, 1.165) is 19.4 Å². The third kappa shape index (κ3) is 3.31. The first-order chi connectivity index (χ1) is 7.19. The van der Waals surface area contributed by atoms with E-state index < -0.39 is 0 Å². The van der Waals surface area contributed by atoms with Crippen molar-refractivity contribution in [3.8, 4) is 0 Å². The molecule has 0 aromatic carbocycles. The molecule has 3 atom stereocenters. The van der Waals surface area contributed by atoms with Crippen molar-refractivity contribution in [2.24, 2.45) is 11.8 Å². The Morgan fingerprint density at radius 2 is 2.40 bits per heavy atom. The molecule has 0 saturated carbocycles. The zero-order chi connectivity index (χ0) is 11.3. The lowest BCUT2D eigenvalue weighted by molar-refractivity contribution is -0.118. The number of allylic oxidation sites excluding steroid dienone is 2. The van der Waals surface area contributed by atoms with Gasteiger partial charge >= 0.3 is 0 Å². The fourth-order valence-corrected chi connectivity index (χ4v) is 2.14. The number of ketones is 1. The van der Waals surface area contributed by atoms with Gasteiger partial charge in [-0.15, -0.1) is 0 Å². The van der Waals surface area contributed by atoms with E-state index in [-0.39, 0.29) is 11.7 Å². The summed E-state index contributed by atoms with van der Waals surface area (Å²) in [6.45, 7) is 8.82. The van der Waals surface area contributed by atoms with Crippen molar-refractivity contribution in [2.75, 3.05) is 6.54 Å². The van der Waals surface area contributed by atoms with Gasteiger partial charge in [-0.25, -0.2) is 0 Å². The van der Waals surface area contributed by atoms with E-state index in [2.05, 4.69) is 37.9 Å². The highest BCUT2D eigenvalue weighted by Crippen LogP contribution is 2.23. The fraction of sp³-hybridized carbons (Fsp3) is 0.615. The van der Waals surface area contributed by atoms with Crippen LogP contribution in [0.5, 0.6) is 0 Å². The van der Waals surface area contributed by atoms with Crippen molar-refractivity contribution in [3.63, 3.8) is 0 Å². The molecular formula is C13H21NO. The number of hydrogen-bond acceptors (Lipinski definition) is 2. The van der Waals surface area contributed by atoms with Crippen molar-refractivity contribution in [1.82, 2.24) is 5.32 Å². The Balaban J connectivity index is 2.68. The Morgan fingerprint density at radius 1 is 1.67 bits per heavy atom. The number of nitrogens with one attached hydrogen (secondary N) is 1. The lowest BCUT2D eigenvalue weighted by Crippen LogP contribution is -2.36. The topological polar surface area (TPSA) is 29.1 Å². The van der Waals surface area contributed by atoms with Crippen LogP contribution in [0.15, 0.2) is 24.8 Å². The molecule has 0 heterocycles. The van der Waals surface area contributed by atoms with E-state index in [1.54, 1.807) is 0 Å². The normalized spacial score (nSPS) is 30.9. The number of rotatable bonds is 4. The van der Waals surface area contributed by atoms with Crippen LogP contribution in [-0.2, 0) is 4.79 Å². The molecule has 0 aliphatic heterocycles. The van der Waals surface area contributed by atoms with Crippen LogP contribution in [0.25, 0.3) is 0 Å². The molecule has 0 aromatic heterocycles. The van der Waals surface area contributed by atoms with Gasteiger partial charge in [0.25, 0.3) is 0 Å². The molecule has 0 saturated heterocycles. The average Bonchev–Trinajstić information content (AvgIpc) is 2.41. The van der Waals surface area contributed by atoms with Gasteiger partial charge in [-0.3, -0.25) is 4.79 Å². The standard InChI is InChI=1S/C13H21NO/c1-4-13(15)11-8-6-7-10(3)12(9-11)14-5-2/h4,6-7,10-12,14H,1,5,8-9H2,2-3H3. The molecule has 1 N–H and O–H groups in total. The van der Waals surface area contributed by atoms with Crippen molar-refractivity contribution in [2.45, 2.75) is 32.7 Å². The Bertz CT molecular complexity index is 257. The smallest absolute Gasteiger partial charge is 0.158 e. The van der Waals surface area contributed by atoms with Gasteiger partial charge in [-0.05, 0) is 31.4 Å². The largest absolute Gasteiger partial charge is 0.314 e. The predicted molar refractivity (Wildman–Crippen MR) is 63.7 cm³/mol. The minimum Gasteiger partial charge on any atom is -0.314 e. The first kappa shape index (κ1) is 12.2. The molecule has 2 nitrogen and oxygen atoms in total. The molecule has 0 aromatic rings. The second kappa shape index (κ2) is 5.86. The maximum atomic E-state index is 11.6. The molecule has 1 aliphatic rings. The van der Waals surface area contributed by atoms with Crippen LogP contribution in [0, 0.1) is 11.8 Å². The summed E-state index contributed by atoms with van der Waals surface area (Å²) in [6.07, 6.45) is 7.58. The molecular weight excluding hydrogens is 186 g/mol. The van der Waals surface area contributed by atoms with E-state index in [1.807, 2.05) is 0 Å². The minimum atomic E-state index is 0.118. The molecule has 1 aliphatic carbocycles. The fourth-order valence-electron chi connectivity index (χ4n) is 2.14. The maximum Gasteiger partial charge on any atom is 0.158 e. The lowest BCUT2D eigenvalue weighted by Gasteiger charge is -2.23. The van der Waals surface area contributed by atoms with Gasteiger partial charge in [-0.2, -0.15) is 0 Å². The van der Waals surface area contributed by atoms with E-state index in [9.17, 15) is 4.79 Å². The van der Waals surface area contributed by atoms with Gasteiger partial charge in [0.05, 0.1) is 0 Å². The van der Waals surface area contributed by atoms with Crippen molar-refractivity contribution in [3.05, 3.63) is 24.8 Å². The molecule has 3 unspecified atom stereocenters. The van der Waals surface area contributed by atoms with Gasteiger partial charge in [0.2, 0.25) is 0 Å². The first-order valence-electron chi connectivity index (χ1n) is 5.75. The van der Waals surface area contributed by atoms with E-state index >= 15 is 0 Å². The summed E-state index contributed by atoms with van der Waals surface area (Å²) in [6, 6.07) is 0.419. The van der Waals surface area contributed by atoms with Gasteiger partial charge in [0, 0.05) is 12.0 Å². The van der Waals surface area contributed by atoms with Crippen LogP contribution >= 0.6 is 0 Å². The SMILES string of the molecule is C=CC(=O)C1CC=CC(C)C(NCC)C1. The number of carbonyl (C=O) groups is 1. The van der Waals surface area contributed by atoms with Crippen molar-refractivity contribution >= 4 is 5.78 Å². The lowest BCUT2D eigenvalue weighted by atomic mass is 9.90. The van der Waals surface area contributed by atoms with Gasteiger partial charge in [0.1, 0.15) is 0 Å². The third-order valence-corrected chi connectivity index (χ3v) is 3.10. The van der Waals surface area contributed by atoms with Gasteiger partial charge in [0.15, 0.2) is 5.78 Å². The molecule has 0 radical (unpaired) electrons. The van der Waals surface area contributed by atoms with Crippen molar-refractivity contribution in [1.29, 1.82) is 0 Å². The van der Waals surface area contributed by atoms with Crippen molar-refractivity contribution < 1.29 is 4.79 Å². The van der Waals surface area contributed by atoms with Gasteiger partial charge < -0.3 is 5.32 Å². The Hall–Kier alpha value is -0.890. The molecule has 2 heteroatoms. The van der Waals surface area contributed by atoms with E-state index in [1.165, 1.54) is 6.08 Å². The van der Waals surface area contributed by atoms with Crippen LogP contribution < -0.4 is 5.32 Å². The molecule has 0 spiro atoms. The van der Waals surface area contributed by atoms with Crippen LogP contribution in [0.1, 0.15) is 26.7 Å². The summed E-state index contributed by atoms with van der Waals surface area (Å²) in [5.74, 6) is 0.803. The second-order valence-corrected chi connectivity index (χ2v) is 4.23. The van der Waals surface area contributed by atoms with Crippen LogP contribution in [0.2, 0.25) is 0 Å². The monoisotopic (exact) mass is 207 g/mol. The highest BCUT2D eigenvalue weighted by Gasteiger charge is 2.24. The number of hydrogen-bond donors (Lipinski definition) is 1. The van der Waals surface area contributed by atoms with Crippen LogP contribution in [-0.4, -0.2) is 18.4 Å². The number of carbonyl (C=O) groups excluding carboxylic acids is 1. The Labute approximate surface area is 92.4 Å². The highest BCUT2D eigenvalue weighted by molar-refractivity contribution is 5.91. The zero-order valence-corrected chi connectivity index (χ0v) is 9.70. The van der Waals surface area contributed by atoms with E-state index in [0.29, 0.717) is 12.0 Å². The zero-order valence-electron chi connectivity index (χ0n) is 9.70. The van der Waals surface area contributed by atoms with Crippen LogP contribution in [0.3, 0.4) is 0 Å². The second-order valence-electron chi connectivity index (χ2n) is 4.23. The molecule has 0 bridgehead atoms. The third-order valence-electron chi connectivity index (χ3n) is 3.10. The summed E-state index contributed by atoms with van der Waals surface area (Å²) in [5.41, 5.74) is 0. The predicted octanol–water partition coefficient (Wildman–Crippen LogP) is 2.32. The molecule has 15 heavy (non-hydrogen) atoms. The minimum absolute atomic E-state index is 0.118. The quantitative estimate of drug-likeness (QED) is 0.566. The summed E-state index contributed by atoms with van der Waals surface area (Å²) in [7, 11) is 0. The Kier molecular flexibility index (Phi) is 4.76. The average molecular weight is 207 g/mol. The summed E-state index contributed by atoms with van der Waals surface area (Å²) < 4.78 is 0. The highest BCUT2D eigenvalue weighted by atomic mass is 16.1. The Morgan fingerprint density at radius 3 is 3.00 bits per heavy atom. The maximum absolute atomic E-state index is 11.6. The van der Waals surface area contributed by atoms with E-state index in [4.69, 9.17) is 0 Å². The first-order valence-corrected chi connectivity index (χ1v) is 5.75. The summed E-state index contributed by atoms with van der Waals surface area (Å²) in [5, 5.41) is 3.45. The van der Waals surface area contributed by atoms with Crippen LogP contribution in [0.4, 0.5) is 0 Å². The summed E-state index contributed by atoms with van der Waals surface area (Å²) >= 11 is 0. The molecule has 0 fully saturated rings. The van der Waals surface area contributed by atoms with Gasteiger partial charge in [-0.1, -0.05) is 32.6 Å². The summed E-state index contributed by atoms with van der Waals surface area (Å²) in [4.78, 5) is 11.6. The molecule has 0 amide bonds. The molecule has 84 valence electrons. The molecule has 1 rings (SSSR count).